The van der Waals surface area contributed by atoms with E-state index in [-0.39, 0.29) is 5.96 Å². The smallest absolute Gasteiger partial charge is 0.193 e. The van der Waals surface area contributed by atoms with E-state index in [9.17, 15) is 5.11 Å². The summed E-state index contributed by atoms with van der Waals surface area (Å²) >= 11 is 6.01. The number of methoxy groups -OCH3 is 1. The molecule has 104 valence electrons. The van der Waals surface area contributed by atoms with Crippen LogP contribution in [0, 0.1) is 0 Å². The van der Waals surface area contributed by atoms with Crippen LogP contribution in [0.2, 0.25) is 5.02 Å². The van der Waals surface area contributed by atoms with Gasteiger partial charge in [-0.05, 0) is 37.5 Å². The Kier molecular flexibility index (Phi) is 4.17. The number of ether oxygens (including phenoxy) is 1. The summed E-state index contributed by atoms with van der Waals surface area (Å²) in [7, 11) is 1.56. The molecule has 2 rings (SSSR count). The van der Waals surface area contributed by atoms with Crippen molar-refractivity contribution in [1.82, 2.24) is 0 Å². The Hall–Kier alpha value is -1.46. The second-order valence-corrected chi connectivity index (χ2v) is 5.16. The van der Waals surface area contributed by atoms with Crippen molar-refractivity contribution in [1.29, 1.82) is 0 Å². The molecule has 6 heteroatoms. The third-order valence-electron chi connectivity index (χ3n) is 3.25. The first kappa shape index (κ1) is 14.0. The third-order valence-corrected chi connectivity index (χ3v) is 3.55. The maximum absolute atomic E-state index is 9.91. The van der Waals surface area contributed by atoms with Crippen LogP contribution in [0.4, 0.5) is 5.69 Å². The molecular weight excluding hydrogens is 266 g/mol. The van der Waals surface area contributed by atoms with Gasteiger partial charge in [0.2, 0.25) is 0 Å². The molecule has 0 radical (unpaired) electrons. The van der Waals surface area contributed by atoms with Gasteiger partial charge in [0.1, 0.15) is 5.75 Å². The Balaban J connectivity index is 1.96. The van der Waals surface area contributed by atoms with Gasteiger partial charge in [-0.1, -0.05) is 11.6 Å². The molecule has 0 unspecified atom stereocenters. The number of aliphatic imine (C=N–C) groups is 1. The lowest BCUT2D eigenvalue weighted by molar-refractivity contribution is -0.0235. The number of nitrogens with one attached hydrogen (secondary N) is 1. The summed E-state index contributed by atoms with van der Waals surface area (Å²) in [5, 5.41) is 13.3. The van der Waals surface area contributed by atoms with Crippen LogP contribution in [0.5, 0.6) is 5.75 Å². The number of hydrogen-bond donors (Lipinski definition) is 3. The molecular formula is C13H18ClN3O2. The fraction of sp³-hybridized carbons (Fsp3) is 0.462. The molecule has 1 aromatic rings. The van der Waals surface area contributed by atoms with Crippen LogP contribution < -0.4 is 15.8 Å². The zero-order valence-corrected chi connectivity index (χ0v) is 11.6. The highest BCUT2D eigenvalue weighted by Gasteiger charge is 2.33. The van der Waals surface area contributed by atoms with Gasteiger partial charge < -0.3 is 20.9 Å². The quantitative estimate of drug-likeness (QED) is 0.583. The van der Waals surface area contributed by atoms with Crippen molar-refractivity contribution in [3.8, 4) is 5.75 Å². The number of guanidine groups is 1. The maximum Gasteiger partial charge on any atom is 0.193 e. The van der Waals surface area contributed by atoms with Gasteiger partial charge >= 0.3 is 0 Å². The highest BCUT2D eigenvalue weighted by Crippen LogP contribution is 2.31. The summed E-state index contributed by atoms with van der Waals surface area (Å²) in [6.07, 6.45) is 2.63. The predicted molar refractivity (Wildman–Crippen MR) is 76.9 cm³/mol. The summed E-state index contributed by atoms with van der Waals surface area (Å²) in [5.74, 6) is 0.869. The second-order valence-electron chi connectivity index (χ2n) is 4.75. The topological polar surface area (TPSA) is 79.9 Å². The summed E-state index contributed by atoms with van der Waals surface area (Å²) in [6.45, 7) is 0.329. The van der Waals surface area contributed by atoms with E-state index < -0.39 is 5.60 Å². The molecule has 4 N–H and O–H groups in total. The number of hydrogen-bond acceptors (Lipinski definition) is 3. The number of anilines is 1. The van der Waals surface area contributed by atoms with E-state index in [4.69, 9.17) is 22.1 Å². The predicted octanol–water partition coefficient (Wildman–Crippen LogP) is 1.99. The monoisotopic (exact) mass is 283 g/mol. The van der Waals surface area contributed by atoms with Crippen LogP contribution in [0.15, 0.2) is 23.2 Å². The highest BCUT2D eigenvalue weighted by molar-refractivity contribution is 6.32. The Morgan fingerprint density at radius 1 is 1.58 bits per heavy atom. The summed E-state index contributed by atoms with van der Waals surface area (Å²) < 4.78 is 5.07. The normalized spacial score (nSPS) is 17.7. The number of rotatable bonds is 4. The van der Waals surface area contributed by atoms with Crippen molar-refractivity contribution < 1.29 is 9.84 Å². The van der Waals surface area contributed by atoms with Gasteiger partial charge in [0.15, 0.2) is 5.96 Å². The van der Waals surface area contributed by atoms with Crippen LogP contribution in [0.3, 0.4) is 0 Å². The average molecular weight is 284 g/mol. The first-order chi connectivity index (χ1) is 9.02. The van der Waals surface area contributed by atoms with E-state index in [0.29, 0.717) is 17.3 Å². The highest BCUT2D eigenvalue weighted by atomic mass is 35.5. The Bertz CT molecular complexity index is 487. The minimum Gasteiger partial charge on any atom is -0.495 e. The summed E-state index contributed by atoms with van der Waals surface area (Å²) in [6, 6.07) is 5.25. The molecule has 0 bridgehead atoms. The van der Waals surface area contributed by atoms with Gasteiger partial charge in [-0.3, -0.25) is 4.99 Å². The number of aliphatic hydroxyl groups is 1. The fourth-order valence-corrected chi connectivity index (χ4v) is 2.16. The van der Waals surface area contributed by atoms with Gasteiger partial charge in [0.25, 0.3) is 0 Å². The maximum atomic E-state index is 9.91. The number of nitrogens with zero attached hydrogens (tertiary/aromatic N) is 1. The SMILES string of the molecule is COc1ccc(NC(N)=NCC2(O)CCC2)cc1Cl. The number of benzene rings is 1. The minimum atomic E-state index is -0.663. The van der Waals surface area contributed by atoms with Crippen molar-refractivity contribution in [3.63, 3.8) is 0 Å². The first-order valence-corrected chi connectivity index (χ1v) is 6.53. The summed E-state index contributed by atoms with van der Waals surface area (Å²) in [5.41, 5.74) is 5.83. The molecule has 0 heterocycles. The van der Waals surface area contributed by atoms with Crippen LogP contribution in [-0.4, -0.2) is 30.3 Å². The lowest BCUT2D eigenvalue weighted by Crippen LogP contribution is -2.41. The molecule has 1 aliphatic carbocycles. The lowest BCUT2D eigenvalue weighted by Gasteiger charge is -2.34. The molecule has 1 saturated carbocycles. The molecule has 0 aromatic heterocycles. The van der Waals surface area contributed by atoms with Crippen LogP contribution >= 0.6 is 11.6 Å². The van der Waals surface area contributed by atoms with Crippen molar-refractivity contribution in [2.75, 3.05) is 19.0 Å². The molecule has 0 aliphatic heterocycles. The molecule has 5 nitrogen and oxygen atoms in total. The minimum absolute atomic E-state index is 0.265. The van der Waals surface area contributed by atoms with Crippen LogP contribution in [-0.2, 0) is 0 Å². The van der Waals surface area contributed by atoms with E-state index in [2.05, 4.69) is 10.3 Å². The van der Waals surface area contributed by atoms with Crippen LogP contribution in [0.1, 0.15) is 19.3 Å². The standard InChI is InChI=1S/C13H18ClN3O2/c1-19-11-4-3-9(7-10(11)14)17-12(15)16-8-13(18)5-2-6-13/h3-4,7,18H,2,5-6,8H2,1H3,(H3,15,16,17). The molecule has 0 saturated heterocycles. The number of halogens is 1. The Morgan fingerprint density at radius 2 is 2.32 bits per heavy atom. The molecule has 1 aromatic carbocycles. The molecule has 1 fully saturated rings. The summed E-state index contributed by atoms with van der Waals surface area (Å²) in [4.78, 5) is 4.14. The van der Waals surface area contributed by atoms with Gasteiger partial charge in [-0.15, -0.1) is 0 Å². The molecule has 0 spiro atoms. The lowest BCUT2D eigenvalue weighted by atomic mass is 9.80. The fourth-order valence-electron chi connectivity index (χ4n) is 1.91. The second kappa shape index (κ2) is 5.67. The van der Waals surface area contributed by atoms with Gasteiger partial charge in [-0.25, -0.2) is 0 Å². The number of nitrogens with two attached hydrogens (primary N) is 1. The van der Waals surface area contributed by atoms with E-state index in [1.54, 1.807) is 25.3 Å². The van der Waals surface area contributed by atoms with Crippen molar-refractivity contribution >= 4 is 23.2 Å². The van der Waals surface area contributed by atoms with Gasteiger partial charge in [0, 0.05) is 5.69 Å². The van der Waals surface area contributed by atoms with Gasteiger partial charge in [0.05, 0.1) is 24.3 Å². The zero-order chi connectivity index (χ0) is 13.9. The third kappa shape index (κ3) is 3.52. The largest absolute Gasteiger partial charge is 0.495 e. The molecule has 0 atom stereocenters. The van der Waals surface area contributed by atoms with Crippen molar-refractivity contribution in [2.24, 2.45) is 10.7 Å². The van der Waals surface area contributed by atoms with Crippen molar-refractivity contribution in [3.05, 3.63) is 23.2 Å². The molecule has 19 heavy (non-hydrogen) atoms. The Morgan fingerprint density at radius 3 is 2.84 bits per heavy atom. The molecule has 0 amide bonds. The van der Waals surface area contributed by atoms with E-state index in [1.165, 1.54) is 0 Å². The van der Waals surface area contributed by atoms with E-state index in [1.807, 2.05) is 0 Å². The van der Waals surface area contributed by atoms with Gasteiger partial charge in [-0.2, -0.15) is 0 Å². The average Bonchev–Trinajstić information content (AvgIpc) is 2.34. The van der Waals surface area contributed by atoms with E-state index in [0.717, 1.165) is 24.9 Å². The van der Waals surface area contributed by atoms with E-state index >= 15 is 0 Å². The Labute approximate surface area is 117 Å². The first-order valence-electron chi connectivity index (χ1n) is 6.15. The zero-order valence-electron chi connectivity index (χ0n) is 10.8. The molecule has 1 aliphatic rings. The van der Waals surface area contributed by atoms with Crippen LogP contribution in [0.25, 0.3) is 0 Å². The van der Waals surface area contributed by atoms with Crippen molar-refractivity contribution in [2.45, 2.75) is 24.9 Å².